The molecule has 8 heteroatoms. The molecule has 2 N–H and O–H groups in total. The van der Waals surface area contributed by atoms with Gasteiger partial charge in [-0.25, -0.2) is 4.39 Å². The molecule has 1 aromatic rings. The van der Waals surface area contributed by atoms with Gasteiger partial charge in [0.2, 0.25) is 5.91 Å². The van der Waals surface area contributed by atoms with E-state index in [1.165, 1.54) is 24.1 Å². The van der Waals surface area contributed by atoms with Gasteiger partial charge in [-0.1, -0.05) is 11.6 Å². The first-order valence-electron chi connectivity index (χ1n) is 7.02. The van der Waals surface area contributed by atoms with Crippen LogP contribution in [0.25, 0.3) is 0 Å². The summed E-state index contributed by atoms with van der Waals surface area (Å²) in [6.07, 6.45) is -0.0720. The number of carbonyl (C=O) groups excluding carboxylic acids is 2. The third kappa shape index (κ3) is 4.19. The number of hydrogen-bond donors (Lipinski definition) is 1. The Labute approximate surface area is 138 Å². The third-order valence-electron chi connectivity index (χ3n) is 3.73. The van der Waals surface area contributed by atoms with Crippen molar-refractivity contribution in [1.29, 1.82) is 0 Å². The summed E-state index contributed by atoms with van der Waals surface area (Å²) in [6.45, 7) is 0.906. The van der Waals surface area contributed by atoms with Crippen molar-refractivity contribution in [3.05, 3.63) is 34.6 Å². The monoisotopic (exact) mass is 344 g/mol. The second kappa shape index (κ2) is 7.25. The van der Waals surface area contributed by atoms with E-state index in [4.69, 9.17) is 26.8 Å². The predicted octanol–water partition coefficient (Wildman–Crippen LogP) is 1.21. The molecule has 23 heavy (non-hydrogen) atoms. The van der Waals surface area contributed by atoms with Crippen LogP contribution in [0.15, 0.2) is 18.2 Å². The quantitative estimate of drug-likeness (QED) is 0.890. The van der Waals surface area contributed by atoms with E-state index in [0.717, 1.165) is 6.07 Å². The number of benzene rings is 1. The molecule has 0 spiro atoms. The van der Waals surface area contributed by atoms with Crippen LogP contribution in [0.2, 0.25) is 5.02 Å². The second-order valence-electron chi connectivity index (χ2n) is 5.44. The van der Waals surface area contributed by atoms with Gasteiger partial charge in [0.25, 0.3) is 5.91 Å². The van der Waals surface area contributed by atoms with Gasteiger partial charge in [-0.2, -0.15) is 0 Å². The van der Waals surface area contributed by atoms with Gasteiger partial charge < -0.3 is 20.1 Å². The molecule has 1 saturated heterocycles. The number of rotatable bonds is 4. The first-order chi connectivity index (χ1) is 10.9. The lowest BCUT2D eigenvalue weighted by Crippen LogP contribution is -2.50. The van der Waals surface area contributed by atoms with Crippen molar-refractivity contribution in [2.75, 3.05) is 33.4 Å². The summed E-state index contributed by atoms with van der Waals surface area (Å²) in [7, 11) is 1.44. The number of methoxy groups -OCH3 is 1. The van der Waals surface area contributed by atoms with Crippen LogP contribution in [0, 0.1) is 5.82 Å². The summed E-state index contributed by atoms with van der Waals surface area (Å²) in [5.41, 5.74) is 4.52. The Hall–Kier alpha value is -1.70. The molecule has 1 aromatic carbocycles. The number of halogens is 2. The van der Waals surface area contributed by atoms with E-state index < -0.39 is 17.3 Å². The summed E-state index contributed by atoms with van der Waals surface area (Å²) in [5, 5.41) is -0.128. The summed E-state index contributed by atoms with van der Waals surface area (Å²) in [6, 6.07) is 3.77. The van der Waals surface area contributed by atoms with Crippen molar-refractivity contribution in [3.8, 4) is 0 Å². The summed E-state index contributed by atoms with van der Waals surface area (Å²) >= 11 is 5.72. The molecule has 1 aliphatic rings. The largest absolute Gasteiger partial charge is 0.377 e. The van der Waals surface area contributed by atoms with E-state index in [0.29, 0.717) is 13.2 Å². The number of primary amides is 1. The number of amides is 2. The molecule has 1 unspecified atom stereocenters. The van der Waals surface area contributed by atoms with Crippen LogP contribution in [0.3, 0.4) is 0 Å². The van der Waals surface area contributed by atoms with E-state index in [1.807, 2.05) is 0 Å². The number of nitrogens with two attached hydrogens (primary N) is 1. The van der Waals surface area contributed by atoms with Gasteiger partial charge in [-0.3, -0.25) is 9.59 Å². The normalized spacial score (nSPS) is 21.8. The molecular weight excluding hydrogens is 327 g/mol. The average Bonchev–Trinajstić information content (AvgIpc) is 2.72. The zero-order chi connectivity index (χ0) is 17.0. The highest BCUT2D eigenvalue weighted by atomic mass is 35.5. The fourth-order valence-electron chi connectivity index (χ4n) is 2.51. The van der Waals surface area contributed by atoms with Crippen molar-refractivity contribution in [2.45, 2.75) is 12.0 Å². The molecule has 0 radical (unpaired) electrons. The van der Waals surface area contributed by atoms with E-state index in [9.17, 15) is 14.0 Å². The second-order valence-corrected chi connectivity index (χ2v) is 5.85. The minimum absolute atomic E-state index is 0.0720. The van der Waals surface area contributed by atoms with E-state index in [1.54, 1.807) is 0 Å². The summed E-state index contributed by atoms with van der Waals surface area (Å²) < 4.78 is 24.1. The van der Waals surface area contributed by atoms with Crippen molar-refractivity contribution in [3.63, 3.8) is 0 Å². The van der Waals surface area contributed by atoms with Gasteiger partial charge in [0.15, 0.2) is 0 Å². The van der Waals surface area contributed by atoms with Crippen LogP contribution >= 0.6 is 11.6 Å². The lowest BCUT2D eigenvalue weighted by atomic mass is 9.99. The Morgan fingerprint density at radius 1 is 1.52 bits per heavy atom. The minimum Gasteiger partial charge on any atom is -0.377 e. The Balaban J connectivity index is 2.24. The maximum atomic E-state index is 13.2. The van der Waals surface area contributed by atoms with Crippen molar-refractivity contribution >= 4 is 23.4 Å². The molecule has 126 valence electrons. The molecule has 2 amide bonds. The molecule has 0 bridgehead atoms. The topological polar surface area (TPSA) is 81.9 Å². The van der Waals surface area contributed by atoms with Crippen LogP contribution < -0.4 is 5.73 Å². The molecule has 2 rings (SSSR count). The highest BCUT2D eigenvalue weighted by Gasteiger charge is 2.38. The first-order valence-corrected chi connectivity index (χ1v) is 7.40. The van der Waals surface area contributed by atoms with Gasteiger partial charge >= 0.3 is 0 Å². The zero-order valence-electron chi connectivity index (χ0n) is 12.7. The van der Waals surface area contributed by atoms with Gasteiger partial charge in [-0.05, 0) is 18.2 Å². The Morgan fingerprint density at radius 2 is 2.26 bits per heavy atom. The smallest absolute Gasteiger partial charge is 0.254 e. The lowest BCUT2D eigenvalue weighted by molar-refractivity contribution is -0.129. The van der Waals surface area contributed by atoms with Gasteiger partial charge in [-0.15, -0.1) is 0 Å². The van der Waals surface area contributed by atoms with Crippen molar-refractivity contribution in [1.82, 2.24) is 4.90 Å². The number of ether oxygens (including phenoxy) is 2. The molecule has 0 aliphatic carbocycles. The lowest BCUT2D eigenvalue weighted by Gasteiger charge is -2.33. The number of nitrogens with zero attached hydrogens (tertiary/aromatic N) is 1. The predicted molar refractivity (Wildman–Crippen MR) is 81.7 cm³/mol. The molecule has 0 saturated carbocycles. The molecule has 1 fully saturated rings. The maximum Gasteiger partial charge on any atom is 0.254 e. The molecule has 1 heterocycles. The van der Waals surface area contributed by atoms with Gasteiger partial charge in [0.1, 0.15) is 11.4 Å². The van der Waals surface area contributed by atoms with Crippen LogP contribution in [0.1, 0.15) is 16.8 Å². The van der Waals surface area contributed by atoms with E-state index in [2.05, 4.69) is 0 Å². The standard InChI is InChI=1S/C15H18ClFN2O4/c1-22-15(7-13(18)20)8-19(4-5-23-9-15)14(21)10-2-3-12(17)11(16)6-10/h2-3,6H,4-5,7-9H2,1H3,(H2,18,20). The van der Waals surface area contributed by atoms with Crippen LogP contribution in [-0.2, 0) is 14.3 Å². The van der Waals surface area contributed by atoms with Crippen LogP contribution in [0.4, 0.5) is 4.39 Å². The fraction of sp³-hybridized carbons (Fsp3) is 0.467. The molecular formula is C15H18ClFN2O4. The van der Waals surface area contributed by atoms with Crippen LogP contribution in [0.5, 0.6) is 0 Å². The highest BCUT2D eigenvalue weighted by Crippen LogP contribution is 2.23. The Morgan fingerprint density at radius 3 is 2.87 bits per heavy atom. The molecule has 0 aromatic heterocycles. The number of carbonyl (C=O) groups is 2. The average molecular weight is 345 g/mol. The van der Waals surface area contributed by atoms with Crippen LogP contribution in [-0.4, -0.2) is 55.7 Å². The number of hydrogen-bond acceptors (Lipinski definition) is 4. The van der Waals surface area contributed by atoms with E-state index in [-0.39, 0.29) is 36.1 Å². The van der Waals surface area contributed by atoms with E-state index >= 15 is 0 Å². The fourth-order valence-corrected chi connectivity index (χ4v) is 2.69. The minimum atomic E-state index is -0.998. The molecule has 1 aliphatic heterocycles. The first kappa shape index (κ1) is 17.7. The molecule has 6 nitrogen and oxygen atoms in total. The highest BCUT2D eigenvalue weighted by molar-refractivity contribution is 6.31. The maximum absolute atomic E-state index is 13.2. The summed E-state index contributed by atoms with van der Waals surface area (Å²) in [5.74, 6) is -1.49. The zero-order valence-corrected chi connectivity index (χ0v) is 13.4. The van der Waals surface area contributed by atoms with Gasteiger partial charge in [0.05, 0.1) is 31.2 Å². The summed E-state index contributed by atoms with van der Waals surface area (Å²) in [4.78, 5) is 25.4. The Kier molecular flexibility index (Phi) is 5.56. The SMILES string of the molecule is COC1(CC(N)=O)COCCN(C(=O)c2ccc(F)c(Cl)c2)C1. The Bertz CT molecular complexity index is 613. The van der Waals surface area contributed by atoms with Gasteiger partial charge in [0, 0.05) is 19.2 Å². The third-order valence-corrected chi connectivity index (χ3v) is 4.02. The van der Waals surface area contributed by atoms with Crippen molar-refractivity contribution < 1.29 is 23.5 Å². The van der Waals surface area contributed by atoms with Crippen molar-refractivity contribution in [2.24, 2.45) is 5.73 Å². The molecule has 1 atom stereocenters.